The van der Waals surface area contributed by atoms with Gasteiger partial charge in [0.15, 0.2) is 0 Å². The fourth-order valence-corrected chi connectivity index (χ4v) is 0.692. The largest absolute Gasteiger partial charge is 0.394 e. The van der Waals surface area contributed by atoms with Crippen LogP contribution < -0.4 is 0 Å². The highest BCUT2D eigenvalue weighted by molar-refractivity contribution is 4.99. The van der Waals surface area contributed by atoms with Crippen LogP contribution in [0.4, 0.5) is 0 Å². The SMILES string of the molecule is CC.Cc1cnn(CCO)c1. The third kappa shape index (κ3) is 3.78. The van der Waals surface area contributed by atoms with Crippen LogP contribution in [0.1, 0.15) is 19.4 Å². The average molecular weight is 156 g/mol. The summed E-state index contributed by atoms with van der Waals surface area (Å²) in [4.78, 5) is 0. The molecule has 1 aromatic heterocycles. The van der Waals surface area contributed by atoms with Crippen molar-refractivity contribution in [2.75, 3.05) is 6.61 Å². The van der Waals surface area contributed by atoms with E-state index < -0.39 is 0 Å². The minimum Gasteiger partial charge on any atom is -0.394 e. The number of aliphatic hydroxyl groups excluding tert-OH is 1. The van der Waals surface area contributed by atoms with Crippen LogP contribution >= 0.6 is 0 Å². The molecule has 0 unspecified atom stereocenters. The van der Waals surface area contributed by atoms with E-state index in [2.05, 4.69) is 5.10 Å². The third-order valence-corrected chi connectivity index (χ3v) is 1.09. The summed E-state index contributed by atoms with van der Waals surface area (Å²) in [5.41, 5.74) is 1.13. The van der Waals surface area contributed by atoms with Gasteiger partial charge in [-0.1, -0.05) is 13.8 Å². The van der Waals surface area contributed by atoms with Crippen molar-refractivity contribution in [3.05, 3.63) is 18.0 Å². The molecule has 1 rings (SSSR count). The van der Waals surface area contributed by atoms with Crippen LogP contribution in [-0.4, -0.2) is 21.5 Å². The van der Waals surface area contributed by atoms with Crippen LogP contribution in [0, 0.1) is 6.92 Å². The summed E-state index contributed by atoms with van der Waals surface area (Å²) in [6.07, 6.45) is 3.67. The van der Waals surface area contributed by atoms with Crippen LogP contribution in [-0.2, 0) is 6.54 Å². The Hall–Kier alpha value is -0.830. The van der Waals surface area contributed by atoms with Gasteiger partial charge in [0.25, 0.3) is 0 Å². The van der Waals surface area contributed by atoms with Crippen molar-refractivity contribution in [1.29, 1.82) is 0 Å². The summed E-state index contributed by atoms with van der Waals surface area (Å²) < 4.78 is 1.72. The van der Waals surface area contributed by atoms with Gasteiger partial charge in [-0.2, -0.15) is 5.10 Å². The van der Waals surface area contributed by atoms with Crippen molar-refractivity contribution >= 4 is 0 Å². The molecule has 0 aliphatic heterocycles. The molecule has 0 radical (unpaired) electrons. The van der Waals surface area contributed by atoms with Crippen molar-refractivity contribution in [3.8, 4) is 0 Å². The summed E-state index contributed by atoms with van der Waals surface area (Å²) in [5.74, 6) is 0. The van der Waals surface area contributed by atoms with E-state index in [0.29, 0.717) is 6.54 Å². The zero-order chi connectivity index (χ0) is 8.69. The van der Waals surface area contributed by atoms with E-state index in [0.717, 1.165) is 5.56 Å². The number of aromatic nitrogens is 2. The zero-order valence-corrected chi connectivity index (χ0v) is 7.41. The molecule has 1 N–H and O–H groups in total. The van der Waals surface area contributed by atoms with E-state index in [9.17, 15) is 0 Å². The number of hydrogen-bond donors (Lipinski definition) is 1. The molecule has 0 atom stereocenters. The van der Waals surface area contributed by atoms with E-state index in [4.69, 9.17) is 5.11 Å². The van der Waals surface area contributed by atoms with Gasteiger partial charge in [0.05, 0.1) is 19.3 Å². The Morgan fingerprint density at radius 3 is 2.55 bits per heavy atom. The topological polar surface area (TPSA) is 38.0 Å². The van der Waals surface area contributed by atoms with E-state index in [1.54, 1.807) is 10.9 Å². The van der Waals surface area contributed by atoms with Crippen LogP contribution in [0.2, 0.25) is 0 Å². The van der Waals surface area contributed by atoms with Gasteiger partial charge in [0.2, 0.25) is 0 Å². The first-order chi connectivity index (χ1) is 5.33. The molecule has 1 heterocycles. The fourth-order valence-electron chi connectivity index (χ4n) is 0.692. The smallest absolute Gasteiger partial charge is 0.0640 e. The van der Waals surface area contributed by atoms with Crippen molar-refractivity contribution in [2.24, 2.45) is 0 Å². The molecule has 1 aromatic rings. The average Bonchev–Trinajstić information content (AvgIpc) is 2.41. The molecule has 0 aliphatic carbocycles. The van der Waals surface area contributed by atoms with Gasteiger partial charge in [0, 0.05) is 6.20 Å². The number of aliphatic hydroxyl groups is 1. The summed E-state index contributed by atoms with van der Waals surface area (Å²) in [6, 6.07) is 0. The third-order valence-electron chi connectivity index (χ3n) is 1.09. The Bertz CT molecular complexity index is 184. The highest BCUT2D eigenvalue weighted by Crippen LogP contribution is 1.92. The Morgan fingerprint density at radius 1 is 1.55 bits per heavy atom. The van der Waals surface area contributed by atoms with E-state index in [1.807, 2.05) is 27.0 Å². The molecule has 64 valence electrons. The lowest BCUT2D eigenvalue weighted by atomic mass is 10.4. The number of hydrogen-bond acceptors (Lipinski definition) is 2. The van der Waals surface area contributed by atoms with Gasteiger partial charge in [-0.25, -0.2) is 0 Å². The first-order valence-corrected chi connectivity index (χ1v) is 3.93. The molecular weight excluding hydrogens is 140 g/mol. The minimum absolute atomic E-state index is 0.154. The standard InChI is InChI=1S/C6H10N2O.C2H6/c1-6-4-7-8(5-6)2-3-9;1-2/h4-5,9H,2-3H2,1H3;1-2H3. The first-order valence-electron chi connectivity index (χ1n) is 3.93. The molecule has 0 aromatic carbocycles. The maximum Gasteiger partial charge on any atom is 0.0640 e. The second-order valence-corrected chi connectivity index (χ2v) is 2.00. The summed E-state index contributed by atoms with van der Waals surface area (Å²) in [5, 5.41) is 12.4. The van der Waals surface area contributed by atoms with Crippen molar-refractivity contribution in [3.63, 3.8) is 0 Å². The first kappa shape index (κ1) is 10.2. The number of rotatable bonds is 2. The Morgan fingerprint density at radius 2 is 2.18 bits per heavy atom. The normalized spacial score (nSPS) is 8.73. The highest BCUT2D eigenvalue weighted by atomic mass is 16.3. The van der Waals surface area contributed by atoms with E-state index in [1.165, 1.54) is 0 Å². The summed E-state index contributed by atoms with van der Waals surface area (Å²) in [6.45, 7) is 6.72. The second-order valence-electron chi connectivity index (χ2n) is 2.00. The predicted molar refractivity (Wildman–Crippen MR) is 45.4 cm³/mol. The molecule has 0 saturated heterocycles. The predicted octanol–water partition coefficient (Wildman–Crippen LogP) is 1.21. The zero-order valence-electron chi connectivity index (χ0n) is 7.41. The fraction of sp³-hybridized carbons (Fsp3) is 0.625. The lowest BCUT2D eigenvalue weighted by molar-refractivity contribution is 0.269. The molecular formula is C8H16N2O. The second kappa shape index (κ2) is 5.92. The number of aryl methyl sites for hydroxylation is 1. The lowest BCUT2D eigenvalue weighted by Crippen LogP contribution is -2.01. The maximum absolute atomic E-state index is 8.47. The Labute approximate surface area is 67.7 Å². The molecule has 0 saturated carbocycles. The molecule has 0 aliphatic rings. The Kier molecular flexibility index (Phi) is 5.47. The molecule has 11 heavy (non-hydrogen) atoms. The quantitative estimate of drug-likeness (QED) is 0.699. The highest BCUT2D eigenvalue weighted by Gasteiger charge is 1.89. The molecule has 0 spiro atoms. The molecule has 3 heteroatoms. The minimum atomic E-state index is 0.154. The van der Waals surface area contributed by atoms with Crippen LogP contribution in [0.25, 0.3) is 0 Å². The van der Waals surface area contributed by atoms with Crippen molar-refractivity contribution in [2.45, 2.75) is 27.3 Å². The van der Waals surface area contributed by atoms with E-state index in [-0.39, 0.29) is 6.61 Å². The van der Waals surface area contributed by atoms with Crippen molar-refractivity contribution in [1.82, 2.24) is 9.78 Å². The van der Waals surface area contributed by atoms with Gasteiger partial charge < -0.3 is 5.11 Å². The lowest BCUT2D eigenvalue weighted by Gasteiger charge is -1.92. The molecule has 3 nitrogen and oxygen atoms in total. The van der Waals surface area contributed by atoms with Gasteiger partial charge in [0.1, 0.15) is 0 Å². The molecule has 0 fully saturated rings. The van der Waals surface area contributed by atoms with Gasteiger partial charge in [-0.05, 0) is 12.5 Å². The van der Waals surface area contributed by atoms with Crippen LogP contribution in [0.5, 0.6) is 0 Å². The van der Waals surface area contributed by atoms with Gasteiger partial charge in [-0.3, -0.25) is 4.68 Å². The monoisotopic (exact) mass is 156 g/mol. The summed E-state index contributed by atoms with van der Waals surface area (Å²) >= 11 is 0. The van der Waals surface area contributed by atoms with Crippen LogP contribution in [0.3, 0.4) is 0 Å². The number of nitrogens with zero attached hydrogens (tertiary/aromatic N) is 2. The molecule has 0 bridgehead atoms. The maximum atomic E-state index is 8.47. The van der Waals surface area contributed by atoms with Gasteiger partial charge in [-0.15, -0.1) is 0 Å². The van der Waals surface area contributed by atoms with Crippen molar-refractivity contribution < 1.29 is 5.11 Å². The summed E-state index contributed by atoms with van der Waals surface area (Å²) in [7, 11) is 0. The van der Waals surface area contributed by atoms with E-state index >= 15 is 0 Å². The van der Waals surface area contributed by atoms with Gasteiger partial charge >= 0.3 is 0 Å². The Balaban J connectivity index is 0.000000461. The van der Waals surface area contributed by atoms with Crippen LogP contribution in [0.15, 0.2) is 12.4 Å². The molecule has 0 amide bonds.